The summed E-state index contributed by atoms with van der Waals surface area (Å²) < 4.78 is 4.34. The molecule has 1 N–H and O–H groups in total. The van der Waals surface area contributed by atoms with Crippen LogP contribution >= 0.6 is 0 Å². The van der Waals surface area contributed by atoms with Gasteiger partial charge in [-0.25, -0.2) is 15.0 Å². The summed E-state index contributed by atoms with van der Waals surface area (Å²) in [6.07, 6.45) is 8.42. The Labute approximate surface area is 198 Å². The minimum absolute atomic E-state index is 0.0563. The van der Waals surface area contributed by atoms with E-state index in [1.807, 2.05) is 34.8 Å². The van der Waals surface area contributed by atoms with Gasteiger partial charge in [0.25, 0.3) is 5.91 Å². The predicted molar refractivity (Wildman–Crippen MR) is 130 cm³/mol. The Morgan fingerprint density at radius 2 is 2.06 bits per heavy atom. The first-order chi connectivity index (χ1) is 16.7. The number of hydrogen-bond acceptors (Lipinski definition) is 5. The maximum absolute atomic E-state index is 13.3. The standard InChI is InChI=1S/C26H29N7O/c1-31-24-20(11-19(13-29-24)26(34)32-10-7-17-6-9-27-21(17)15-32)30-25(31)22-12-18-3-2-8-28-23(18)33(22)14-16-4-5-16/h2-3,8,11-13,16-17,21,27H,4-7,9-10,14-15H2,1H3/t17-,21+/m0/s1. The fourth-order valence-corrected chi connectivity index (χ4v) is 5.84. The highest BCUT2D eigenvalue weighted by molar-refractivity contribution is 5.97. The van der Waals surface area contributed by atoms with Gasteiger partial charge in [0.2, 0.25) is 0 Å². The highest BCUT2D eigenvalue weighted by atomic mass is 16.2. The molecule has 8 nitrogen and oxygen atoms in total. The lowest BCUT2D eigenvalue weighted by atomic mass is 9.92. The molecule has 3 aliphatic rings. The Balaban J connectivity index is 1.25. The molecule has 8 heteroatoms. The highest BCUT2D eigenvalue weighted by Gasteiger charge is 2.35. The molecular weight excluding hydrogens is 426 g/mol. The zero-order valence-corrected chi connectivity index (χ0v) is 19.4. The topological polar surface area (TPSA) is 80.9 Å². The molecule has 1 saturated carbocycles. The Morgan fingerprint density at radius 1 is 1.15 bits per heavy atom. The number of rotatable bonds is 4. The largest absolute Gasteiger partial charge is 0.337 e. The number of imidazole rings is 1. The number of piperidine rings is 1. The van der Waals surface area contributed by atoms with Gasteiger partial charge in [0.1, 0.15) is 11.2 Å². The molecule has 1 aliphatic carbocycles. The second kappa shape index (κ2) is 7.63. The van der Waals surface area contributed by atoms with Gasteiger partial charge in [0, 0.05) is 50.5 Å². The summed E-state index contributed by atoms with van der Waals surface area (Å²) in [7, 11) is 2.00. The number of aromatic nitrogens is 5. The van der Waals surface area contributed by atoms with E-state index in [-0.39, 0.29) is 5.91 Å². The first-order valence-electron chi connectivity index (χ1n) is 12.5. The fraction of sp³-hybridized carbons (Fsp3) is 0.462. The summed E-state index contributed by atoms with van der Waals surface area (Å²) in [6.45, 7) is 3.63. The van der Waals surface area contributed by atoms with E-state index >= 15 is 0 Å². The van der Waals surface area contributed by atoms with Crippen molar-refractivity contribution in [3.05, 3.63) is 42.2 Å². The van der Waals surface area contributed by atoms with Crippen LogP contribution in [0.25, 0.3) is 33.7 Å². The second-order valence-corrected chi connectivity index (χ2v) is 10.2. The molecule has 7 rings (SSSR count). The van der Waals surface area contributed by atoms with E-state index in [2.05, 4.69) is 32.0 Å². The molecule has 174 valence electrons. The van der Waals surface area contributed by atoms with Crippen LogP contribution in [0.1, 0.15) is 36.0 Å². The molecule has 4 aromatic rings. The van der Waals surface area contributed by atoms with Crippen molar-refractivity contribution in [2.75, 3.05) is 19.6 Å². The van der Waals surface area contributed by atoms with E-state index in [0.717, 1.165) is 66.3 Å². The van der Waals surface area contributed by atoms with E-state index in [1.165, 1.54) is 19.3 Å². The SMILES string of the molecule is Cn1c(-c2cc3cccnc3n2CC2CC2)nc2cc(C(=O)N3CC[C@@H]4CCN[C@@H]4C3)cnc21. The van der Waals surface area contributed by atoms with Gasteiger partial charge in [0.05, 0.1) is 11.3 Å². The lowest BCUT2D eigenvalue weighted by Crippen LogP contribution is -2.48. The zero-order chi connectivity index (χ0) is 22.8. The number of aryl methyl sites for hydroxylation is 1. The number of carbonyl (C=O) groups excluding carboxylic acids is 1. The molecule has 0 aromatic carbocycles. The Morgan fingerprint density at radius 3 is 2.94 bits per heavy atom. The average Bonchev–Trinajstić information content (AvgIpc) is 3.29. The quantitative estimate of drug-likeness (QED) is 0.511. The number of likely N-dealkylation sites (tertiary alicyclic amines) is 1. The number of carbonyl (C=O) groups is 1. The van der Waals surface area contributed by atoms with Crippen LogP contribution in [0.4, 0.5) is 0 Å². The molecular formula is C26H29N7O. The summed E-state index contributed by atoms with van der Waals surface area (Å²) in [5, 5.41) is 4.68. The predicted octanol–water partition coefficient (Wildman–Crippen LogP) is 3.22. The third-order valence-electron chi connectivity index (χ3n) is 7.94. The third-order valence-corrected chi connectivity index (χ3v) is 7.94. The normalized spacial score (nSPS) is 22.6. The summed E-state index contributed by atoms with van der Waals surface area (Å²) in [5.41, 5.74) is 4.23. The van der Waals surface area contributed by atoms with Crippen molar-refractivity contribution in [1.29, 1.82) is 0 Å². The van der Waals surface area contributed by atoms with E-state index in [9.17, 15) is 4.79 Å². The number of hydrogen-bond donors (Lipinski definition) is 1. The van der Waals surface area contributed by atoms with E-state index in [1.54, 1.807) is 6.20 Å². The Hall–Kier alpha value is -3.26. The van der Waals surface area contributed by atoms with E-state index in [0.29, 0.717) is 23.4 Å². The lowest BCUT2D eigenvalue weighted by molar-refractivity contribution is 0.0669. The van der Waals surface area contributed by atoms with Gasteiger partial charge >= 0.3 is 0 Å². The van der Waals surface area contributed by atoms with Crippen LogP contribution in [0.3, 0.4) is 0 Å². The molecule has 3 fully saturated rings. The van der Waals surface area contributed by atoms with Gasteiger partial charge in [-0.1, -0.05) is 0 Å². The van der Waals surface area contributed by atoms with Crippen LogP contribution < -0.4 is 5.32 Å². The fourth-order valence-electron chi connectivity index (χ4n) is 5.84. The first kappa shape index (κ1) is 20.1. The molecule has 0 spiro atoms. The molecule has 6 heterocycles. The van der Waals surface area contributed by atoms with Gasteiger partial charge in [0.15, 0.2) is 11.5 Å². The number of fused-ring (bicyclic) bond motifs is 3. The lowest BCUT2D eigenvalue weighted by Gasteiger charge is -2.34. The maximum atomic E-state index is 13.3. The van der Waals surface area contributed by atoms with Crippen LogP contribution in [-0.2, 0) is 13.6 Å². The summed E-state index contributed by atoms with van der Waals surface area (Å²) in [4.78, 5) is 29.6. The zero-order valence-electron chi connectivity index (χ0n) is 19.4. The van der Waals surface area contributed by atoms with Crippen LogP contribution in [0, 0.1) is 11.8 Å². The minimum atomic E-state index is 0.0563. The molecule has 0 radical (unpaired) electrons. The average molecular weight is 456 g/mol. The van der Waals surface area contributed by atoms with Crippen LogP contribution in [0.5, 0.6) is 0 Å². The third kappa shape index (κ3) is 3.23. The van der Waals surface area contributed by atoms with Gasteiger partial charge < -0.3 is 19.4 Å². The van der Waals surface area contributed by atoms with Crippen molar-refractivity contribution in [3.63, 3.8) is 0 Å². The summed E-state index contributed by atoms with van der Waals surface area (Å²) >= 11 is 0. The molecule has 0 unspecified atom stereocenters. The minimum Gasteiger partial charge on any atom is -0.337 e. The van der Waals surface area contributed by atoms with Crippen molar-refractivity contribution in [3.8, 4) is 11.5 Å². The molecule has 2 atom stereocenters. The van der Waals surface area contributed by atoms with Gasteiger partial charge in [-0.15, -0.1) is 0 Å². The van der Waals surface area contributed by atoms with Crippen LogP contribution in [0.15, 0.2) is 36.7 Å². The molecule has 2 saturated heterocycles. The van der Waals surface area contributed by atoms with Crippen molar-refractivity contribution >= 4 is 28.1 Å². The van der Waals surface area contributed by atoms with E-state index in [4.69, 9.17) is 4.98 Å². The molecule has 2 aliphatic heterocycles. The first-order valence-corrected chi connectivity index (χ1v) is 12.5. The smallest absolute Gasteiger partial charge is 0.255 e. The number of pyridine rings is 2. The Kier molecular flexibility index (Phi) is 4.52. The van der Waals surface area contributed by atoms with Crippen molar-refractivity contribution in [2.24, 2.45) is 18.9 Å². The van der Waals surface area contributed by atoms with Gasteiger partial charge in [-0.2, -0.15) is 0 Å². The monoisotopic (exact) mass is 455 g/mol. The molecule has 4 aromatic heterocycles. The number of nitrogens with one attached hydrogen (secondary N) is 1. The maximum Gasteiger partial charge on any atom is 0.255 e. The summed E-state index contributed by atoms with van der Waals surface area (Å²) in [5.74, 6) is 2.34. The van der Waals surface area contributed by atoms with Crippen molar-refractivity contribution in [1.82, 2.24) is 34.3 Å². The summed E-state index contributed by atoms with van der Waals surface area (Å²) in [6, 6.07) is 8.60. The molecule has 34 heavy (non-hydrogen) atoms. The number of nitrogens with zero attached hydrogens (tertiary/aromatic N) is 6. The van der Waals surface area contributed by atoms with Crippen LogP contribution in [0.2, 0.25) is 0 Å². The van der Waals surface area contributed by atoms with Crippen molar-refractivity contribution < 1.29 is 4.79 Å². The van der Waals surface area contributed by atoms with Gasteiger partial charge in [-0.3, -0.25) is 4.79 Å². The molecule has 0 bridgehead atoms. The molecule has 1 amide bonds. The van der Waals surface area contributed by atoms with E-state index < -0.39 is 0 Å². The second-order valence-electron chi connectivity index (χ2n) is 10.2. The van der Waals surface area contributed by atoms with Gasteiger partial charge in [-0.05, 0) is 68.3 Å². The number of amides is 1. The Bertz CT molecular complexity index is 1420. The van der Waals surface area contributed by atoms with Crippen molar-refractivity contribution in [2.45, 2.75) is 38.3 Å². The van der Waals surface area contributed by atoms with Crippen LogP contribution in [-0.4, -0.2) is 60.6 Å². The highest BCUT2D eigenvalue weighted by Crippen LogP contribution is 2.35.